The first-order valence-electron chi connectivity index (χ1n) is 9.34. The van der Waals surface area contributed by atoms with E-state index in [1.807, 2.05) is 68.6 Å². The minimum Gasteiger partial charge on any atom is -0.324 e. The first-order valence-corrected chi connectivity index (χ1v) is 10.2. The summed E-state index contributed by atoms with van der Waals surface area (Å²) in [5.74, 6) is -0.249. The summed E-state index contributed by atoms with van der Waals surface area (Å²) in [5.41, 5.74) is 6.38. The standard InChI is InChI=1S/C23H21N3O2S/c1-14-7-9-17(10-8-14)18-12-29-22-21(18)24-13-26(23(22)28)11-19(27)25-20-15(2)5-4-6-16(20)3/h4-10,12-13H,11H2,1-3H3,(H,25,27). The largest absolute Gasteiger partial charge is 0.324 e. The molecule has 146 valence electrons. The van der Waals surface area contributed by atoms with Crippen molar-refractivity contribution in [2.24, 2.45) is 0 Å². The maximum absolute atomic E-state index is 12.9. The van der Waals surface area contributed by atoms with Crippen LogP contribution in [-0.4, -0.2) is 15.5 Å². The Morgan fingerprint density at radius 1 is 1.07 bits per heavy atom. The fraction of sp³-hybridized carbons (Fsp3) is 0.174. The molecule has 0 aliphatic carbocycles. The summed E-state index contributed by atoms with van der Waals surface area (Å²) >= 11 is 1.36. The molecule has 0 aliphatic heterocycles. The number of carbonyl (C=O) groups excluding carboxylic acids is 1. The molecule has 1 N–H and O–H groups in total. The third-order valence-corrected chi connectivity index (χ3v) is 5.93. The van der Waals surface area contributed by atoms with Gasteiger partial charge in [-0.1, -0.05) is 48.0 Å². The number of thiophene rings is 1. The highest BCUT2D eigenvalue weighted by molar-refractivity contribution is 7.17. The Morgan fingerprint density at radius 3 is 2.45 bits per heavy atom. The Hall–Kier alpha value is -3.25. The maximum Gasteiger partial charge on any atom is 0.271 e. The van der Waals surface area contributed by atoms with Gasteiger partial charge in [-0.05, 0) is 37.5 Å². The number of para-hydroxylation sites is 1. The molecule has 0 unspecified atom stereocenters. The van der Waals surface area contributed by atoms with Crippen LogP contribution in [0.3, 0.4) is 0 Å². The van der Waals surface area contributed by atoms with E-state index in [4.69, 9.17) is 0 Å². The molecule has 2 heterocycles. The van der Waals surface area contributed by atoms with Crippen LogP contribution in [0.25, 0.3) is 21.3 Å². The predicted molar refractivity (Wildman–Crippen MR) is 119 cm³/mol. The Balaban J connectivity index is 1.62. The molecule has 5 nitrogen and oxygen atoms in total. The number of nitrogens with zero attached hydrogens (tertiary/aromatic N) is 2. The van der Waals surface area contributed by atoms with Gasteiger partial charge >= 0.3 is 0 Å². The minimum absolute atomic E-state index is 0.0761. The highest BCUT2D eigenvalue weighted by Gasteiger charge is 2.15. The van der Waals surface area contributed by atoms with Crippen LogP contribution in [0.4, 0.5) is 5.69 Å². The molecule has 0 spiro atoms. The molecular weight excluding hydrogens is 382 g/mol. The van der Waals surface area contributed by atoms with Crippen molar-refractivity contribution < 1.29 is 4.79 Å². The fourth-order valence-corrected chi connectivity index (χ4v) is 4.31. The number of fused-ring (bicyclic) bond motifs is 1. The van der Waals surface area contributed by atoms with E-state index in [2.05, 4.69) is 10.3 Å². The van der Waals surface area contributed by atoms with Gasteiger partial charge < -0.3 is 5.32 Å². The van der Waals surface area contributed by atoms with E-state index < -0.39 is 0 Å². The van der Waals surface area contributed by atoms with Crippen molar-refractivity contribution in [2.45, 2.75) is 27.3 Å². The molecule has 4 rings (SSSR count). The molecular formula is C23H21N3O2S. The number of carbonyl (C=O) groups is 1. The second-order valence-corrected chi connectivity index (χ2v) is 8.07. The van der Waals surface area contributed by atoms with E-state index >= 15 is 0 Å². The van der Waals surface area contributed by atoms with Crippen molar-refractivity contribution in [1.82, 2.24) is 9.55 Å². The number of benzene rings is 2. The Morgan fingerprint density at radius 2 is 1.76 bits per heavy atom. The zero-order valence-corrected chi connectivity index (χ0v) is 17.3. The van der Waals surface area contributed by atoms with Crippen molar-refractivity contribution in [1.29, 1.82) is 0 Å². The maximum atomic E-state index is 12.9. The number of hydrogen-bond acceptors (Lipinski definition) is 4. The van der Waals surface area contributed by atoms with Gasteiger partial charge in [0.2, 0.25) is 5.91 Å². The molecule has 29 heavy (non-hydrogen) atoms. The first kappa shape index (κ1) is 19.1. The van der Waals surface area contributed by atoms with Crippen LogP contribution in [0.5, 0.6) is 0 Å². The summed E-state index contributed by atoms with van der Waals surface area (Å²) in [6.07, 6.45) is 1.46. The van der Waals surface area contributed by atoms with Gasteiger partial charge in [-0.2, -0.15) is 0 Å². The lowest BCUT2D eigenvalue weighted by atomic mass is 10.1. The normalized spacial score (nSPS) is 11.0. The topological polar surface area (TPSA) is 64.0 Å². The van der Waals surface area contributed by atoms with Gasteiger partial charge in [0, 0.05) is 16.6 Å². The molecule has 0 aliphatic rings. The van der Waals surface area contributed by atoms with Crippen LogP contribution in [0.15, 0.2) is 59.0 Å². The average molecular weight is 404 g/mol. The van der Waals surface area contributed by atoms with Crippen LogP contribution >= 0.6 is 11.3 Å². The number of anilines is 1. The summed E-state index contributed by atoms with van der Waals surface area (Å²) in [5, 5.41) is 4.86. The quantitative estimate of drug-likeness (QED) is 0.538. The Kier molecular flexibility index (Phi) is 5.03. The van der Waals surface area contributed by atoms with Gasteiger partial charge in [-0.15, -0.1) is 11.3 Å². The third kappa shape index (κ3) is 3.71. The molecule has 0 radical (unpaired) electrons. The predicted octanol–water partition coefficient (Wildman–Crippen LogP) is 4.69. The van der Waals surface area contributed by atoms with E-state index in [-0.39, 0.29) is 18.0 Å². The van der Waals surface area contributed by atoms with Crippen molar-refractivity contribution in [2.75, 3.05) is 5.32 Å². The van der Waals surface area contributed by atoms with Crippen LogP contribution in [0.2, 0.25) is 0 Å². The lowest BCUT2D eigenvalue weighted by Gasteiger charge is -2.12. The smallest absolute Gasteiger partial charge is 0.271 e. The summed E-state index contributed by atoms with van der Waals surface area (Å²) in [6, 6.07) is 14.0. The van der Waals surface area contributed by atoms with E-state index in [9.17, 15) is 9.59 Å². The highest BCUT2D eigenvalue weighted by Crippen LogP contribution is 2.30. The third-order valence-electron chi connectivity index (χ3n) is 4.97. The summed E-state index contributed by atoms with van der Waals surface area (Å²) in [7, 11) is 0. The molecule has 4 aromatic rings. The van der Waals surface area contributed by atoms with Crippen molar-refractivity contribution in [3.63, 3.8) is 0 Å². The van der Waals surface area contributed by atoms with Crippen LogP contribution in [-0.2, 0) is 11.3 Å². The molecule has 0 fully saturated rings. The number of amides is 1. The second kappa shape index (κ2) is 7.64. The van der Waals surface area contributed by atoms with Gasteiger partial charge in [-0.3, -0.25) is 14.2 Å². The van der Waals surface area contributed by atoms with E-state index in [1.165, 1.54) is 27.8 Å². The summed E-state index contributed by atoms with van der Waals surface area (Å²) in [6.45, 7) is 5.85. The van der Waals surface area contributed by atoms with E-state index in [0.29, 0.717) is 10.2 Å². The molecule has 2 aromatic heterocycles. The van der Waals surface area contributed by atoms with Crippen molar-refractivity contribution >= 4 is 33.1 Å². The van der Waals surface area contributed by atoms with Crippen LogP contribution in [0, 0.1) is 20.8 Å². The second-order valence-electron chi connectivity index (χ2n) is 7.19. The van der Waals surface area contributed by atoms with Gasteiger partial charge in [-0.25, -0.2) is 4.98 Å². The Bertz CT molecular complexity index is 1250. The minimum atomic E-state index is -0.249. The lowest BCUT2D eigenvalue weighted by Crippen LogP contribution is -2.27. The zero-order chi connectivity index (χ0) is 20.5. The van der Waals surface area contributed by atoms with Crippen LogP contribution in [0.1, 0.15) is 16.7 Å². The Labute approximate surface area is 172 Å². The average Bonchev–Trinajstić information content (AvgIpc) is 3.12. The molecule has 0 atom stereocenters. The number of nitrogens with one attached hydrogen (secondary N) is 1. The number of aromatic nitrogens is 2. The van der Waals surface area contributed by atoms with Crippen molar-refractivity contribution in [3.8, 4) is 11.1 Å². The number of hydrogen-bond donors (Lipinski definition) is 1. The van der Waals surface area contributed by atoms with Crippen LogP contribution < -0.4 is 10.9 Å². The number of rotatable bonds is 4. The van der Waals surface area contributed by atoms with E-state index in [0.717, 1.165) is 27.9 Å². The van der Waals surface area contributed by atoms with Gasteiger partial charge in [0.05, 0.1) is 11.8 Å². The zero-order valence-electron chi connectivity index (χ0n) is 16.5. The first-order chi connectivity index (χ1) is 13.9. The molecule has 1 amide bonds. The molecule has 2 aromatic carbocycles. The highest BCUT2D eigenvalue weighted by atomic mass is 32.1. The SMILES string of the molecule is Cc1ccc(-c2csc3c(=O)n(CC(=O)Nc4c(C)cccc4C)cnc23)cc1. The fourth-order valence-electron chi connectivity index (χ4n) is 3.34. The molecule has 0 saturated heterocycles. The van der Waals surface area contributed by atoms with Gasteiger partial charge in [0.25, 0.3) is 5.56 Å². The number of aryl methyl sites for hydroxylation is 3. The lowest BCUT2D eigenvalue weighted by molar-refractivity contribution is -0.116. The van der Waals surface area contributed by atoms with E-state index in [1.54, 1.807) is 0 Å². The molecule has 0 saturated carbocycles. The van der Waals surface area contributed by atoms with Crippen molar-refractivity contribution in [3.05, 3.63) is 81.2 Å². The summed E-state index contributed by atoms with van der Waals surface area (Å²) < 4.78 is 1.92. The van der Waals surface area contributed by atoms with Gasteiger partial charge in [0.15, 0.2) is 0 Å². The summed E-state index contributed by atoms with van der Waals surface area (Å²) in [4.78, 5) is 29.9. The molecule has 6 heteroatoms. The molecule has 0 bridgehead atoms. The monoisotopic (exact) mass is 403 g/mol. The van der Waals surface area contributed by atoms with Gasteiger partial charge in [0.1, 0.15) is 11.2 Å².